The van der Waals surface area contributed by atoms with Crippen molar-refractivity contribution < 1.29 is 14.1 Å². The predicted octanol–water partition coefficient (Wildman–Crippen LogP) is 2.53. The Morgan fingerprint density at radius 2 is 1.93 bits per heavy atom. The zero-order valence-electron chi connectivity index (χ0n) is 16.3. The number of aryl methyl sites for hydroxylation is 1. The van der Waals surface area contributed by atoms with Crippen molar-refractivity contribution in [1.82, 2.24) is 20.3 Å². The van der Waals surface area contributed by atoms with E-state index < -0.39 is 0 Å². The Hall–Kier alpha value is -2.92. The third-order valence-corrected chi connectivity index (χ3v) is 6.59. The Labute approximate surface area is 181 Å². The lowest BCUT2D eigenvalue weighted by atomic mass is 10.2. The molecule has 0 saturated carbocycles. The number of rotatable bonds is 6. The van der Waals surface area contributed by atoms with E-state index in [9.17, 15) is 9.59 Å². The molecule has 30 heavy (non-hydrogen) atoms. The van der Waals surface area contributed by atoms with Crippen molar-refractivity contribution in [2.24, 2.45) is 0 Å². The summed E-state index contributed by atoms with van der Waals surface area (Å²) in [7, 11) is 0. The number of nitrogens with one attached hydrogen (secondary N) is 1. The van der Waals surface area contributed by atoms with Gasteiger partial charge in [-0.25, -0.2) is 0 Å². The van der Waals surface area contributed by atoms with Crippen molar-refractivity contribution in [3.63, 3.8) is 0 Å². The first-order valence-corrected chi connectivity index (χ1v) is 11.2. The number of thioether (sulfide) groups is 1. The van der Waals surface area contributed by atoms with Gasteiger partial charge in [0.05, 0.1) is 5.75 Å². The van der Waals surface area contributed by atoms with Gasteiger partial charge in [-0.3, -0.25) is 9.59 Å². The molecule has 0 unspecified atom stereocenters. The Kier molecular flexibility index (Phi) is 6.29. The molecule has 2 aromatic heterocycles. The second-order valence-electron chi connectivity index (χ2n) is 6.66. The summed E-state index contributed by atoms with van der Waals surface area (Å²) in [6.45, 7) is 4.43. The summed E-state index contributed by atoms with van der Waals surface area (Å²) in [6, 6.07) is 11.0. The van der Waals surface area contributed by atoms with Gasteiger partial charge in [0.15, 0.2) is 10.2 Å². The summed E-state index contributed by atoms with van der Waals surface area (Å²) < 4.78 is 5.65. The van der Waals surface area contributed by atoms with Gasteiger partial charge in [-0.05, 0) is 19.1 Å². The molecule has 9 nitrogen and oxygen atoms in total. The SMILES string of the molecule is Cc1cc(NC(=O)CSc2nnc(N3CCN(C(=O)c4ccccc4)CC3)s2)no1. The largest absolute Gasteiger partial charge is 0.360 e. The van der Waals surface area contributed by atoms with Crippen molar-refractivity contribution in [1.29, 1.82) is 0 Å². The predicted molar refractivity (Wildman–Crippen MR) is 115 cm³/mol. The standard InChI is InChI=1S/C19H20N6O3S2/c1-13-11-15(23-28-13)20-16(26)12-29-19-22-21-18(30-19)25-9-7-24(8-10-25)17(27)14-5-3-2-4-6-14/h2-6,11H,7-10,12H2,1H3,(H,20,23,26). The minimum atomic E-state index is -0.182. The van der Waals surface area contributed by atoms with E-state index in [2.05, 4.69) is 25.6 Å². The third-order valence-electron chi connectivity index (χ3n) is 4.48. The second-order valence-corrected chi connectivity index (χ2v) is 8.83. The first-order chi connectivity index (χ1) is 14.6. The lowest BCUT2D eigenvalue weighted by molar-refractivity contribution is -0.113. The van der Waals surface area contributed by atoms with E-state index in [1.165, 1.54) is 23.1 Å². The first-order valence-electron chi connectivity index (χ1n) is 9.37. The Bertz CT molecular complexity index is 1010. The number of anilines is 2. The zero-order valence-corrected chi connectivity index (χ0v) is 17.9. The number of nitrogens with zero attached hydrogens (tertiary/aromatic N) is 5. The molecule has 0 radical (unpaired) electrons. The number of piperazine rings is 1. The molecule has 1 saturated heterocycles. The molecule has 1 aromatic carbocycles. The van der Waals surface area contributed by atoms with Crippen molar-refractivity contribution in [3.8, 4) is 0 Å². The molecule has 156 valence electrons. The van der Waals surface area contributed by atoms with Crippen LogP contribution in [0.25, 0.3) is 0 Å². The van der Waals surface area contributed by atoms with Gasteiger partial charge in [-0.2, -0.15) is 0 Å². The number of carbonyl (C=O) groups excluding carboxylic acids is 2. The fourth-order valence-electron chi connectivity index (χ4n) is 2.98. The van der Waals surface area contributed by atoms with Crippen LogP contribution in [-0.2, 0) is 4.79 Å². The molecule has 1 aliphatic heterocycles. The molecular weight excluding hydrogens is 424 g/mol. The van der Waals surface area contributed by atoms with E-state index in [-0.39, 0.29) is 17.6 Å². The second kappa shape index (κ2) is 9.26. The number of hydrogen-bond donors (Lipinski definition) is 1. The molecule has 3 aromatic rings. The van der Waals surface area contributed by atoms with Crippen LogP contribution in [0.3, 0.4) is 0 Å². The number of amides is 2. The van der Waals surface area contributed by atoms with Crippen molar-refractivity contribution >= 4 is 45.9 Å². The maximum Gasteiger partial charge on any atom is 0.253 e. The lowest BCUT2D eigenvalue weighted by Crippen LogP contribution is -2.48. The van der Waals surface area contributed by atoms with Gasteiger partial charge >= 0.3 is 0 Å². The van der Waals surface area contributed by atoms with Crippen LogP contribution < -0.4 is 10.2 Å². The fraction of sp³-hybridized carbons (Fsp3) is 0.316. The molecule has 1 N–H and O–H groups in total. The highest BCUT2D eigenvalue weighted by molar-refractivity contribution is 8.01. The van der Waals surface area contributed by atoms with Gasteiger partial charge in [0.2, 0.25) is 11.0 Å². The maximum absolute atomic E-state index is 12.6. The van der Waals surface area contributed by atoms with Crippen LogP contribution in [0, 0.1) is 6.92 Å². The number of hydrogen-bond acceptors (Lipinski definition) is 9. The highest BCUT2D eigenvalue weighted by Crippen LogP contribution is 2.28. The van der Waals surface area contributed by atoms with Gasteiger partial charge in [0, 0.05) is 37.8 Å². The molecule has 0 spiro atoms. The summed E-state index contributed by atoms with van der Waals surface area (Å²) in [4.78, 5) is 28.6. The van der Waals surface area contributed by atoms with Gasteiger partial charge in [-0.15, -0.1) is 10.2 Å². The summed E-state index contributed by atoms with van der Waals surface area (Å²) in [5.41, 5.74) is 0.708. The molecule has 0 atom stereocenters. The number of aromatic nitrogens is 3. The first kappa shape index (κ1) is 20.4. The minimum Gasteiger partial charge on any atom is -0.360 e. The van der Waals surface area contributed by atoms with E-state index in [0.717, 1.165) is 9.47 Å². The van der Waals surface area contributed by atoms with Crippen LogP contribution >= 0.6 is 23.1 Å². The smallest absolute Gasteiger partial charge is 0.253 e. The van der Waals surface area contributed by atoms with Gasteiger partial charge < -0.3 is 19.6 Å². The van der Waals surface area contributed by atoms with Gasteiger partial charge in [0.1, 0.15) is 5.76 Å². The van der Waals surface area contributed by atoms with Crippen LogP contribution in [0.2, 0.25) is 0 Å². The van der Waals surface area contributed by atoms with E-state index in [4.69, 9.17) is 4.52 Å². The van der Waals surface area contributed by atoms with Crippen LogP contribution in [0.1, 0.15) is 16.1 Å². The summed E-state index contributed by atoms with van der Waals surface area (Å²) in [5, 5.41) is 15.6. The third kappa shape index (κ3) is 4.97. The minimum absolute atomic E-state index is 0.0528. The van der Waals surface area contributed by atoms with Gasteiger partial charge in [0.25, 0.3) is 5.91 Å². The fourth-order valence-corrected chi connectivity index (χ4v) is 4.68. The zero-order chi connectivity index (χ0) is 20.9. The molecule has 1 fully saturated rings. The lowest BCUT2D eigenvalue weighted by Gasteiger charge is -2.34. The number of benzene rings is 1. The highest BCUT2D eigenvalue weighted by atomic mass is 32.2. The van der Waals surface area contributed by atoms with Gasteiger partial charge in [-0.1, -0.05) is 46.5 Å². The topological polar surface area (TPSA) is 104 Å². The molecule has 0 aliphatic carbocycles. The van der Waals surface area contributed by atoms with Crippen molar-refractivity contribution in [2.75, 3.05) is 42.1 Å². The monoisotopic (exact) mass is 444 g/mol. The van der Waals surface area contributed by atoms with Crippen LogP contribution in [0.5, 0.6) is 0 Å². The Morgan fingerprint density at radius 1 is 1.17 bits per heavy atom. The Balaban J connectivity index is 1.25. The summed E-state index contributed by atoms with van der Waals surface area (Å²) in [6.07, 6.45) is 0. The van der Waals surface area contributed by atoms with Crippen LogP contribution in [0.4, 0.5) is 10.9 Å². The highest BCUT2D eigenvalue weighted by Gasteiger charge is 2.24. The molecule has 1 aliphatic rings. The molecule has 0 bridgehead atoms. The quantitative estimate of drug-likeness (QED) is 0.579. The van der Waals surface area contributed by atoms with E-state index in [1.807, 2.05) is 35.2 Å². The number of carbonyl (C=O) groups is 2. The average Bonchev–Trinajstić information content (AvgIpc) is 3.41. The maximum atomic E-state index is 12.6. The average molecular weight is 445 g/mol. The van der Waals surface area contributed by atoms with Crippen molar-refractivity contribution in [2.45, 2.75) is 11.3 Å². The molecule has 4 rings (SSSR count). The van der Waals surface area contributed by atoms with E-state index >= 15 is 0 Å². The molecular formula is C19H20N6O3S2. The van der Waals surface area contributed by atoms with E-state index in [0.29, 0.717) is 43.3 Å². The molecule has 2 amide bonds. The summed E-state index contributed by atoms with van der Waals surface area (Å²) >= 11 is 2.77. The van der Waals surface area contributed by atoms with Crippen molar-refractivity contribution in [3.05, 3.63) is 47.7 Å². The molecule has 3 heterocycles. The summed E-state index contributed by atoms with van der Waals surface area (Å²) in [5.74, 6) is 1.12. The van der Waals surface area contributed by atoms with Crippen LogP contribution in [-0.4, -0.2) is 64.0 Å². The Morgan fingerprint density at radius 3 is 2.63 bits per heavy atom. The molecule has 11 heteroatoms. The normalized spacial score (nSPS) is 14.0. The van der Waals surface area contributed by atoms with Crippen LogP contribution in [0.15, 0.2) is 45.3 Å². The van der Waals surface area contributed by atoms with E-state index in [1.54, 1.807) is 13.0 Å².